The molecule has 2 aromatic heterocycles. The lowest BCUT2D eigenvalue weighted by Gasteiger charge is -2.37. The lowest BCUT2D eigenvalue weighted by atomic mass is 9.74. The van der Waals surface area contributed by atoms with Gasteiger partial charge in [-0.05, 0) is 55.4 Å². The minimum atomic E-state index is -0.554. The number of hydrogen-bond donors (Lipinski definition) is 1. The van der Waals surface area contributed by atoms with Gasteiger partial charge in [-0.1, -0.05) is 39.0 Å². The number of nitrogens with zero attached hydrogens (tertiary/aromatic N) is 3. The molecule has 0 saturated heterocycles. The van der Waals surface area contributed by atoms with Gasteiger partial charge in [0.15, 0.2) is 11.9 Å². The number of pyridine rings is 1. The average Bonchev–Trinajstić information content (AvgIpc) is 2.78. The lowest BCUT2D eigenvalue weighted by Crippen LogP contribution is -2.43. The predicted molar refractivity (Wildman–Crippen MR) is 124 cm³/mol. The Kier molecular flexibility index (Phi) is 6.21. The van der Waals surface area contributed by atoms with Gasteiger partial charge in [0.25, 0.3) is 5.91 Å². The molecule has 0 saturated carbocycles. The SMILES string of the molecule is CCC(Oc1ccccc1C)C(=O)NC1CC(C)(C)Cc2nc(-c3ccncc3)ncc21. The zero-order valence-electron chi connectivity index (χ0n) is 19.1. The van der Waals surface area contributed by atoms with Crippen LogP contribution in [-0.4, -0.2) is 27.0 Å². The Balaban J connectivity index is 1.57. The maximum atomic E-state index is 13.2. The summed E-state index contributed by atoms with van der Waals surface area (Å²) in [5.41, 5.74) is 3.93. The van der Waals surface area contributed by atoms with Crippen LogP contribution in [0.15, 0.2) is 55.0 Å². The highest BCUT2D eigenvalue weighted by Crippen LogP contribution is 2.40. The summed E-state index contributed by atoms with van der Waals surface area (Å²) in [6, 6.07) is 11.4. The Bertz CT molecular complexity index is 1100. The molecule has 0 aliphatic heterocycles. The maximum absolute atomic E-state index is 13.2. The van der Waals surface area contributed by atoms with E-state index in [1.54, 1.807) is 12.4 Å². The molecule has 1 aromatic carbocycles. The molecule has 1 amide bonds. The number of carbonyl (C=O) groups is 1. The summed E-state index contributed by atoms with van der Waals surface area (Å²) < 4.78 is 6.07. The first-order valence-electron chi connectivity index (χ1n) is 11.1. The van der Waals surface area contributed by atoms with E-state index in [0.29, 0.717) is 12.2 Å². The molecule has 2 unspecified atom stereocenters. The molecule has 0 radical (unpaired) electrons. The molecule has 3 aromatic rings. The van der Waals surface area contributed by atoms with Gasteiger partial charge < -0.3 is 10.1 Å². The van der Waals surface area contributed by atoms with Crippen molar-refractivity contribution in [2.75, 3.05) is 0 Å². The molecule has 0 fully saturated rings. The van der Waals surface area contributed by atoms with Crippen molar-refractivity contribution in [1.29, 1.82) is 0 Å². The second-order valence-electron chi connectivity index (χ2n) is 9.22. The van der Waals surface area contributed by atoms with Gasteiger partial charge in [0.05, 0.1) is 11.7 Å². The van der Waals surface area contributed by atoms with Crippen molar-refractivity contribution in [1.82, 2.24) is 20.3 Å². The van der Waals surface area contributed by atoms with Gasteiger partial charge in [-0.2, -0.15) is 0 Å². The number of benzene rings is 1. The molecule has 6 nitrogen and oxygen atoms in total. The van der Waals surface area contributed by atoms with Crippen LogP contribution in [0.25, 0.3) is 11.4 Å². The molecule has 1 aliphatic rings. The van der Waals surface area contributed by atoms with Gasteiger partial charge in [-0.3, -0.25) is 9.78 Å². The van der Waals surface area contributed by atoms with Gasteiger partial charge in [-0.15, -0.1) is 0 Å². The first kappa shape index (κ1) is 21.9. The van der Waals surface area contributed by atoms with Gasteiger partial charge >= 0.3 is 0 Å². The van der Waals surface area contributed by atoms with Crippen molar-refractivity contribution in [3.05, 3.63) is 71.8 Å². The van der Waals surface area contributed by atoms with Crippen LogP contribution in [0, 0.1) is 12.3 Å². The molecular weight excluding hydrogens is 400 g/mol. The quantitative estimate of drug-likeness (QED) is 0.606. The second-order valence-corrected chi connectivity index (χ2v) is 9.22. The monoisotopic (exact) mass is 430 g/mol. The van der Waals surface area contributed by atoms with Crippen molar-refractivity contribution in [2.24, 2.45) is 5.41 Å². The Morgan fingerprint density at radius 2 is 1.97 bits per heavy atom. The third-order valence-corrected chi connectivity index (χ3v) is 5.96. The Labute approximate surface area is 189 Å². The first-order valence-corrected chi connectivity index (χ1v) is 11.1. The number of ether oxygens (including phenoxy) is 1. The van der Waals surface area contributed by atoms with E-state index >= 15 is 0 Å². The Morgan fingerprint density at radius 1 is 1.22 bits per heavy atom. The highest BCUT2D eigenvalue weighted by Gasteiger charge is 2.35. The fourth-order valence-corrected chi connectivity index (χ4v) is 4.24. The zero-order chi connectivity index (χ0) is 22.7. The molecule has 2 heterocycles. The van der Waals surface area contributed by atoms with E-state index in [0.717, 1.165) is 41.0 Å². The summed E-state index contributed by atoms with van der Waals surface area (Å²) in [6.45, 7) is 8.37. The second kappa shape index (κ2) is 9.07. The van der Waals surface area contributed by atoms with Crippen molar-refractivity contribution in [3.8, 4) is 17.1 Å². The van der Waals surface area contributed by atoms with Crippen molar-refractivity contribution in [3.63, 3.8) is 0 Å². The third kappa shape index (κ3) is 4.79. The normalized spacial score (nSPS) is 17.8. The van der Waals surface area contributed by atoms with E-state index in [2.05, 4.69) is 29.1 Å². The maximum Gasteiger partial charge on any atom is 0.261 e. The smallest absolute Gasteiger partial charge is 0.261 e. The van der Waals surface area contributed by atoms with E-state index in [-0.39, 0.29) is 17.4 Å². The van der Waals surface area contributed by atoms with E-state index < -0.39 is 6.10 Å². The fourth-order valence-electron chi connectivity index (χ4n) is 4.24. The van der Waals surface area contributed by atoms with E-state index in [1.807, 2.05) is 56.4 Å². The highest BCUT2D eigenvalue weighted by atomic mass is 16.5. The van der Waals surface area contributed by atoms with Gasteiger partial charge in [0.1, 0.15) is 5.75 Å². The number of amides is 1. The molecule has 6 heteroatoms. The van der Waals surface area contributed by atoms with Crippen LogP contribution in [0.5, 0.6) is 5.75 Å². The summed E-state index contributed by atoms with van der Waals surface area (Å²) in [5, 5.41) is 3.23. The molecule has 4 rings (SSSR count). The first-order chi connectivity index (χ1) is 15.4. The van der Waals surface area contributed by atoms with Crippen LogP contribution < -0.4 is 10.1 Å². The summed E-state index contributed by atoms with van der Waals surface area (Å²) in [7, 11) is 0. The van der Waals surface area contributed by atoms with Crippen LogP contribution in [0.1, 0.15) is 56.5 Å². The Morgan fingerprint density at radius 3 is 2.69 bits per heavy atom. The standard InChI is InChI=1S/C26H30N4O2/c1-5-22(32-23-9-7-6-8-17(23)2)25(31)30-21-15-26(3,4)14-20-19(21)16-28-24(29-20)18-10-12-27-13-11-18/h6-13,16,21-22H,5,14-15H2,1-4H3,(H,30,31). The molecule has 0 spiro atoms. The average molecular weight is 431 g/mol. The number of rotatable bonds is 6. The molecule has 0 bridgehead atoms. The number of para-hydroxylation sites is 1. The summed E-state index contributed by atoms with van der Waals surface area (Å²) >= 11 is 0. The molecule has 166 valence electrons. The number of aromatic nitrogens is 3. The molecule has 1 aliphatic carbocycles. The number of hydrogen-bond acceptors (Lipinski definition) is 5. The Hall–Kier alpha value is -3.28. The predicted octanol–water partition coefficient (Wildman–Crippen LogP) is 4.83. The van der Waals surface area contributed by atoms with Crippen LogP contribution >= 0.6 is 0 Å². The minimum Gasteiger partial charge on any atom is -0.480 e. The summed E-state index contributed by atoms with van der Waals surface area (Å²) in [4.78, 5) is 26.7. The van der Waals surface area contributed by atoms with Crippen molar-refractivity contribution < 1.29 is 9.53 Å². The van der Waals surface area contributed by atoms with Crippen LogP contribution in [-0.2, 0) is 11.2 Å². The number of fused-ring (bicyclic) bond motifs is 1. The topological polar surface area (TPSA) is 77.0 Å². The van der Waals surface area contributed by atoms with Gasteiger partial charge in [0.2, 0.25) is 0 Å². The third-order valence-electron chi connectivity index (χ3n) is 5.96. The van der Waals surface area contributed by atoms with Crippen LogP contribution in [0.2, 0.25) is 0 Å². The van der Waals surface area contributed by atoms with E-state index in [1.165, 1.54) is 0 Å². The molecule has 32 heavy (non-hydrogen) atoms. The highest BCUT2D eigenvalue weighted by molar-refractivity contribution is 5.81. The zero-order valence-corrected chi connectivity index (χ0v) is 19.1. The van der Waals surface area contributed by atoms with Crippen LogP contribution in [0.4, 0.5) is 0 Å². The number of carbonyl (C=O) groups excluding carboxylic acids is 1. The molecular formula is C26H30N4O2. The van der Waals surface area contributed by atoms with Crippen molar-refractivity contribution >= 4 is 5.91 Å². The molecule has 1 N–H and O–H groups in total. The largest absolute Gasteiger partial charge is 0.480 e. The number of nitrogens with one attached hydrogen (secondary N) is 1. The summed E-state index contributed by atoms with van der Waals surface area (Å²) in [6.07, 6.45) is 7.04. The lowest BCUT2D eigenvalue weighted by molar-refractivity contribution is -0.129. The summed E-state index contributed by atoms with van der Waals surface area (Å²) in [5.74, 6) is 1.31. The van der Waals surface area contributed by atoms with E-state index in [9.17, 15) is 4.79 Å². The fraction of sp³-hybridized carbons (Fsp3) is 0.385. The number of aryl methyl sites for hydroxylation is 1. The van der Waals surface area contributed by atoms with Gasteiger partial charge in [0, 0.05) is 29.7 Å². The van der Waals surface area contributed by atoms with Crippen molar-refractivity contribution in [2.45, 2.75) is 59.1 Å². The van der Waals surface area contributed by atoms with E-state index in [4.69, 9.17) is 9.72 Å². The van der Waals surface area contributed by atoms with Crippen LogP contribution in [0.3, 0.4) is 0 Å². The minimum absolute atomic E-state index is 0.00734. The molecule has 2 atom stereocenters. The van der Waals surface area contributed by atoms with Gasteiger partial charge in [-0.25, -0.2) is 9.97 Å².